The van der Waals surface area contributed by atoms with Crippen molar-refractivity contribution >= 4 is 0 Å². The van der Waals surface area contributed by atoms with Crippen LogP contribution in [0.1, 0.15) is 5.82 Å². The highest BCUT2D eigenvalue weighted by Crippen LogP contribution is 2.22. The molecule has 0 aliphatic rings. The van der Waals surface area contributed by atoms with Gasteiger partial charge >= 0.3 is 6.18 Å². The normalized spacial score (nSPS) is 11.3. The van der Waals surface area contributed by atoms with E-state index in [0.29, 0.717) is 0 Å². The van der Waals surface area contributed by atoms with Gasteiger partial charge in [0.1, 0.15) is 12.2 Å². The van der Waals surface area contributed by atoms with Crippen molar-refractivity contribution in [1.82, 2.24) is 9.97 Å². The van der Waals surface area contributed by atoms with Gasteiger partial charge < -0.3 is 9.47 Å². The van der Waals surface area contributed by atoms with Crippen LogP contribution in [-0.2, 0) is 6.42 Å². The molecular formula is C8H9F3N2O2. The average molecular weight is 222 g/mol. The molecule has 0 N–H and O–H groups in total. The lowest BCUT2D eigenvalue weighted by molar-refractivity contribution is -0.128. The molecule has 84 valence electrons. The van der Waals surface area contributed by atoms with Crippen LogP contribution in [-0.4, -0.2) is 30.4 Å². The SMILES string of the molecule is COc1cc(OC)nc(CC(F)(F)F)n1. The average Bonchev–Trinajstić information content (AvgIpc) is 2.14. The highest BCUT2D eigenvalue weighted by Gasteiger charge is 2.29. The molecule has 0 saturated carbocycles. The third-order valence-electron chi connectivity index (χ3n) is 1.50. The Bertz CT molecular complexity index is 319. The van der Waals surface area contributed by atoms with Crippen molar-refractivity contribution in [3.05, 3.63) is 11.9 Å². The molecule has 0 fully saturated rings. The van der Waals surface area contributed by atoms with Crippen LogP contribution in [0.4, 0.5) is 13.2 Å². The molecule has 1 rings (SSSR count). The van der Waals surface area contributed by atoms with Gasteiger partial charge in [-0.25, -0.2) is 0 Å². The fraction of sp³-hybridized carbons (Fsp3) is 0.500. The van der Waals surface area contributed by atoms with E-state index in [9.17, 15) is 13.2 Å². The van der Waals surface area contributed by atoms with E-state index in [4.69, 9.17) is 9.47 Å². The van der Waals surface area contributed by atoms with Crippen LogP contribution in [0.25, 0.3) is 0 Å². The number of hydrogen-bond donors (Lipinski definition) is 0. The van der Waals surface area contributed by atoms with Crippen LogP contribution >= 0.6 is 0 Å². The highest BCUT2D eigenvalue weighted by molar-refractivity contribution is 5.21. The number of methoxy groups -OCH3 is 2. The van der Waals surface area contributed by atoms with Gasteiger partial charge in [0.25, 0.3) is 0 Å². The van der Waals surface area contributed by atoms with Gasteiger partial charge in [0.15, 0.2) is 0 Å². The van der Waals surface area contributed by atoms with Crippen molar-refractivity contribution in [3.63, 3.8) is 0 Å². The fourth-order valence-corrected chi connectivity index (χ4v) is 0.917. The van der Waals surface area contributed by atoms with Gasteiger partial charge in [0.05, 0.1) is 20.3 Å². The molecule has 0 spiro atoms. The van der Waals surface area contributed by atoms with Gasteiger partial charge in [-0.2, -0.15) is 23.1 Å². The van der Waals surface area contributed by atoms with Crippen molar-refractivity contribution in [1.29, 1.82) is 0 Å². The second-order valence-corrected chi connectivity index (χ2v) is 2.66. The third kappa shape index (κ3) is 3.61. The first kappa shape index (κ1) is 11.5. The molecule has 1 aromatic rings. The number of rotatable bonds is 3. The van der Waals surface area contributed by atoms with E-state index in [2.05, 4.69) is 9.97 Å². The predicted molar refractivity (Wildman–Crippen MR) is 44.9 cm³/mol. The summed E-state index contributed by atoms with van der Waals surface area (Å²) < 4.78 is 45.6. The van der Waals surface area contributed by atoms with Gasteiger partial charge in [0.2, 0.25) is 11.8 Å². The van der Waals surface area contributed by atoms with Gasteiger partial charge in [0, 0.05) is 0 Å². The Morgan fingerprint density at radius 1 is 1.13 bits per heavy atom. The molecule has 0 atom stereocenters. The standard InChI is InChI=1S/C8H9F3N2O2/c1-14-6-3-7(15-2)13-5(12-6)4-8(9,10)11/h3H,4H2,1-2H3. The predicted octanol–water partition coefficient (Wildman–Crippen LogP) is 1.60. The smallest absolute Gasteiger partial charge is 0.396 e. The van der Waals surface area contributed by atoms with E-state index in [0.717, 1.165) is 0 Å². The lowest BCUT2D eigenvalue weighted by Crippen LogP contribution is -2.14. The summed E-state index contributed by atoms with van der Waals surface area (Å²) in [6, 6.07) is 1.31. The minimum atomic E-state index is -4.35. The van der Waals surface area contributed by atoms with Crippen LogP contribution < -0.4 is 9.47 Å². The zero-order chi connectivity index (χ0) is 11.5. The summed E-state index contributed by atoms with van der Waals surface area (Å²) in [5.74, 6) is -0.291. The fourth-order valence-electron chi connectivity index (χ4n) is 0.917. The lowest BCUT2D eigenvalue weighted by Gasteiger charge is -2.08. The molecule has 1 heterocycles. The molecule has 0 unspecified atom stereocenters. The van der Waals surface area contributed by atoms with Crippen molar-refractivity contribution in [3.8, 4) is 11.8 Å². The Balaban J connectivity index is 2.97. The Morgan fingerprint density at radius 2 is 1.60 bits per heavy atom. The number of hydrogen-bond acceptors (Lipinski definition) is 4. The summed E-state index contributed by atoms with van der Waals surface area (Å²) in [4.78, 5) is 7.10. The van der Waals surface area contributed by atoms with Crippen LogP contribution in [0.5, 0.6) is 11.8 Å². The quantitative estimate of drug-likeness (QED) is 0.779. The molecule has 1 aromatic heterocycles. The number of nitrogens with zero attached hydrogens (tertiary/aromatic N) is 2. The van der Waals surface area contributed by atoms with E-state index < -0.39 is 12.6 Å². The molecule has 0 aliphatic carbocycles. The van der Waals surface area contributed by atoms with E-state index in [1.54, 1.807) is 0 Å². The van der Waals surface area contributed by atoms with Gasteiger partial charge in [-0.3, -0.25) is 0 Å². The van der Waals surface area contributed by atoms with E-state index in [-0.39, 0.29) is 17.6 Å². The van der Waals surface area contributed by atoms with Gasteiger partial charge in [-0.15, -0.1) is 0 Å². The molecule has 0 aliphatic heterocycles. The number of halogens is 3. The summed E-state index contributed by atoms with van der Waals surface area (Å²) in [7, 11) is 2.61. The van der Waals surface area contributed by atoms with Gasteiger partial charge in [-0.1, -0.05) is 0 Å². The second-order valence-electron chi connectivity index (χ2n) is 2.66. The number of ether oxygens (including phenoxy) is 2. The third-order valence-corrected chi connectivity index (χ3v) is 1.50. The van der Waals surface area contributed by atoms with Crippen molar-refractivity contribution < 1.29 is 22.6 Å². The molecule has 0 aromatic carbocycles. The summed E-state index contributed by atoms with van der Waals surface area (Å²) >= 11 is 0. The number of aromatic nitrogens is 2. The van der Waals surface area contributed by atoms with Crippen LogP contribution in [0.3, 0.4) is 0 Å². The molecule has 0 amide bonds. The zero-order valence-corrected chi connectivity index (χ0v) is 8.13. The molecule has 0 bridgehead atoms. The van der Waals surface area contributed by atoms with Gasteiger partial charge in [-0.05, 0) is 0 Å². The van der Waals surface area contributed by atoms with Crippen LogP contribution in [0, 0.1) is 0 Å². The second kappa shape index (κ2) is 4.33. The van der Waals surface area contributed by atoms with E-state index in [1.165, 1.54) is 20.3 Å². The van der Waals surface area contributed by atoms with E-state index >= 15 is 0 Å². The molecule has 4 nitrogen and oxygen atoms in total. The maximum Gasteiger partial charge on any atom is 0.396 e. The summed E-state index contributed by atoms with van der Waals surface area (Å²) in [5, 5.41) is 0. The topological polar surface area (TPSA) is 44.2 Å². The Morgan fingerprint density at radius 3 is 1.93 bits per heavy atom. The van der Waals surface area contributed by atoms with E-state index in [1.807, 2.05) is 0 Å². The minimum absolute atomic E-state index is 0.0427. The Kier molecular flexibility index (Phi) is 3.33. The first-order valence-electron chi connectivity index (χ1n) is 3.97. The van der Waals surface area contributed by atoms with Crippen LogP contribution in [0.2, 0.25) is 0 Å². The Labute approximate surface area is 84.1 Å². The first-order chi connectivity index (χ1) is 6.94. The van der Waals surface area contributed by atoms with Crippen LogP contribution in [0.15, 0.2) is 6.07 Å². The molecular weight excluding hydrogens is 213 g/mol. The summed E-state index contributed by atoms with van der Waals surface area (Å²) in [5.41, 5.74) is 0. The largest absolute Gasteiger partial charge is 0.481 e. The maximum absolute atomic E-state index is 12.1. The molecule has 15 heavy (non-hydrogen) atoms. The zero-order valence-electron chi connectivity index (χ0n) is 8.13. The van der Waals surface area contributed by atoms with Crippen molar-refractivity contribution in [2.24, 2.45) is 0 Å². The highest BCUT2D eigenvalue weighted by atomic mass is 19.4. The maximum atomic E-state index is 12.1. The molecule has 7 heteroatoms. The molecule has 0 radical (unpaired) electrons. The number of alkyl halides is 3. The summed E-state index contributed by atoms with van der Waals surface area (Å²) in [6.45, 7) is 0. The minimum Gasteiger partial charge on any atom is -0.481 e. The van der Waals surface area contributed by atoms with Crippen molar-refractivity contribution in [2.75, 3.05) is 14.2 Å². The lowest BCUT2D eigenvalue weighted by atomic mass is 10.4. The summed E-state index contributed by atoms with van der Waals surface area (Å²) in [6.07, 6.45) is -5.56. The molecule has 0 saturated heterocycles. The van der Waals surface area contributed by atoms with Crippen molar-refractivity contribution in [2.45, 2.75) is 12.6 Å². The Hall–Kier alpha value is -1.53. The first-order valence-corrected chi connectivity index (χ1v) is 3.97. The monoisotopic (exact) mass is 222 g/mol.